The van der Waals surface area contributed by atoms with Crippen LogP contribution in [0, 0.1) is 16.0 Å². The first-order chi connectivity index (χ1) is 11.6. The van der Waals surface area contributed by atoms with E-state index in [0.717, 1.165) is 37.3 Å². The number of thiazole rings is 1. The van der Waals surface area contributed by atoms with Crippen molar-refractivity contribution in [3.8, 4) is 0 Å². The minimum Gasteiger partial charge on any atom is -0.352 e. The molecular weight excluding hydrogens is 328 g/mol. The SMILES string of the molecule is O=C(NC[C@H]1CCCN(c2ncc([N+](=O)[O-])s2)C1)c1ccccc1. The van der Waals surface area contributed by atoms with Gasteiger partial charge in [0.25, 0.3) is 5.91 Å². The van der Waals surface area contributed by atoms with Crippen molar-refractivity contribution in [1.82, 2.24) is 10.3 Å². The lowest BCUT2D eigenvalue weighted by Gasteiger charge is -2.32. The Balaban J connectivity index is 1.55. The first kappa shape index (κ1) is 16.4. The lowest BCUT2D eigenvalue weighted by molar-refractivity contribution is -0.380. The van der Waals surface area contributed by atoms with Crippen LogP contribution in [0.4, 0.5) is 10.1 Å². The molecule has 8 heteroatoms. The minimum absolute atomic E-state index is 0.0597. The van der Waals surface area contributed by atoms with E-state index in [1.807, 2.05) is 18.2 Å². The smallest absolute Gasteiger partial charge is 0.345 e. The van der Waals surface area contributed by atoms with Gasteiger partial charge in [-0.2, -0.15) is 0 Å². The molecule has 1 amide bonds. The van der Waals surface area contributed by atoms with E-state index in [1.165, 1.54) is 6.20 Å². The Labute approximate surface area is 143 Å². The molecule has 1 atom stereocenters. The molecule has 1 aromatic heterocycles. The lowest BCUT2D eigenvalue weighted by Crippen LogP contribution is -2.41. The fraction of sp³-hybridized carbons (Fsp3) is 0.375. The van der Waals surface area contributed by atoms with Crippen molar-refractivity contribution in [3.05, 3.63) is 52.2 Å². The maximum absolute atomic E-state index is 12.1. The Morgan fingerprint density at radius 2 is 2.21 bits per heavy atom. The van der Waals surface area contributed by atoms with Crippen LogP contribution in [0.25, 0.3) is 0 Å². The molecule has 1 aliphatic rings. The molecule has 1 aromatic carbocycles. The Morgan fingerprint density at radius 1 is 1.42 bits per heavy atom. The average Bonchev–Trinajstić information content (AvgIpc) is 3.11. The van der Waals surface area contributed by atoms with E-state index < -0.39 is 4.92 Å². The number of rotatable bonds is 5. The Hall–Kier alpha value is -2.48. The van der Waals surface area contributed by atoms with Crippen molar-refractivity contribution in [2.24, 2.45) is 5.92 Å². The molecule has 1 aliphatic heterocycles. The highest BCUT2D eigenvalue weighted by Crippen LogP contribution is 2.31. The predicted octanol–water partition coefficient (Wildman–Crippen LogP) is 2.70. The molecule has 2 heterocycles. The zero-order chi connectivity index (χ0) is 16.9. The van der Waals surface area contributed by atoms with Gasteiger partial charge in [0.1, 0.15) is 6.20 Å². The molecule has 24 heavy (non-hydrogen) atoms. The second kappa shape index (κ2) is 7.39. The summed E-state index contributed by atoms with van der Waals surface area (Å²) in [6.45, 7) is 2.19. The van der Waals surface area contributed by atoms with Gasteiger partial charge in [-0.3, -0.25) is 14.9 Å². The zero-order valence-electron chi connectivity index (χ0n) is 13.1. The monoisotopic (exact) mass is 346 g/mol. The highest BCUT2D eigenvalue weighted by atomic mass is 32.1. The Bertz CT molecular complexity index is 719. The van der Waals surface area contributed by atoms with Crippen LogP contribution in [0.1, 0.15) is 23.2 Å². The van der Waals surface area contributed by atoms with Gasteiger partial charge >= 0.3 is 5.00 Å². The molecule has 1 saturated heterocycles. The number of nitro groups is 1. The topological polar surface area (TPSA) is 88.4 Å². The second-order valence-corrected chi connectivity index (χ2v) is 6.76. The Kier molecular flexibility index (Phi) is 5.05. The van der Waals surface area contributed by atoms with E-state index in [2.05, 4.69) is 15.2 Å². The predicted molar refractivity (Wildman–Crippen MR) is 92.5 cm³/mol. The van der Waals surface area contributed by atoms with E-state index in [1.54, 1.807) is 12.1 Å². The number of carbonyl (C=O) groups excluding carboxylic acids is 1. The van der Waals surface area contributed by atoms with Crippen molar-refractivity contribution in [3.63, 3.8) is 0 Å². The second-order valence-electron chi connectivity index (χ2n) is 5.77. The van der Waals surface area contributed by atoms with Gasteiger partial charge in [0.2, 0.25) is 0 Å². The van der Waals surface area contributed by atoms with Gasteiger partial charge in [-0.15, -0.1) is 0 Å². The third-order valence-corrected chi connectivity index (χ3v) is 5.05. The highest BCUT2D eigenvalue weighted by Gasteiger charge is 2.24. The van der Waals surface area contributed by atoms with Crippen LogP contribution in [-0.4, -0.2) is 35.4 Å². The molecule has 0 spiro atoms. The summed E-state index contributed by atoms with van der Waals surface area (Å²) in [7, 11) is 0. The van der Waals surface area contributed by atoms with Crippen LogP contribution in [0.5, 0.6) is 0 Å². The van der Waals surface area contributed by atoms with Gasteiger partial charge in [0, 0.05) is 25.2 Å². The van der Waals surface area contributed by atoms with Crippen LogP contribution in [0.2, 0.25) is 0 Å². The molecule has 0 bridgehead atoms. The highest BCUT2D eigenvalue weighted by molar-refractivity contribution is 7.18. The molecule has 1 N–H and O–H groups in total. The number of benzene rings is 1. The first-order valence-corrected chi connectivity index (χ1v) is 8.63. The molecule has 0 aliphatic carbocycles. The molecule has 3 rings (SSSR count). The zero-order valence-corrected chi connectivity index (χ0v) is 13.9. The number of hydrogen-bond donors (Lipinski definition) is 1. The Morgan fingerprint density at radius 3 is 2.92 bits per heavy atom. The summed E-state index contributed by atoms with van der Waals surface area (Å²) in [5.41, 5.74) is 0.653. The third-order valence-electron chi connectivity index (χ3n) is 4.04. The van der Waals surface area contributed by atoms with E-state index in [0.29, 0.717) is 23.2 Å². The molecular formula is C16H18N4O3S. The normalized spacial score (nSPS) is 17.5. The van der Waals surface area contributed by atoms with Crippen LogP contribution >= 0.6 is 11.3 Å². The molecule has 0 saturated carbocycles. The molecule has 7 nitrogen and oxygen atoms in total. The molecule has 0 radical (unpaired) electrons. The number of carbonyl (C=O) groups is 1. The fourth-order valence-corrected chi connectivity index (χ4v) is 3.59. The van der Waals surface area contributed by atoms with Crippen molar-refractivity contribution in [1.29, 1.82) is 0 Å². The molecule has 1 fully saturated rings. The maximum atomic E-state index is 12.1. The minimum atomic E-state index is -0.414. The average molecular weight is 346 g/mol. The largest absolute Gasteiger partial charge is 0.352 e. The summed E-state index contributed by atoms with van der Waals surface area (Å²) in [4.78, 5) is 28.7. The van der Waals surface area contributed by atoms with Gasteiger partial charge in [0.05, 0.1) is 4.92 Å². The first-order valence-electron chi connectivity index (χ1n) is 7.82. The number of amides is 1. The molecule has 0 unspecified atom stereocenters. The summed E-state index contributed by atoms with van der Waals surface area (Å²) >= 11 is 1.10. The summed E-state index contributed by atoms with van der Waals surface area (Å²) < 4.78 is 0. The number of hydrogen-bond acceptors (Lipinski definition) is 6. The molecule has 126 valence electrons. The maximum Gasteiger partial charge on any atom is 0.345 e. The summed E-state index contributed by atoms with van der Waals surface area (Å²) in [6.07, 6.45) is 3.32. The fourth-order valence-electron chi connectivity index (χ4n) is 2.82. The van der Waals surface area contributed by atoms with E-state index in [-0.39, 0.29) is 10.9 Å². The summed E-state index contributed by atoms with van der Waals surface area (Å²) in [5, 5.41) is 14.5. The summed E-state index contributed by atoms with van der Waals surface area (Å²) in [6, 6.07) is 9.14. The standard InChI is InChI=1S/C16H18N4O3S/c21-15(13-6-2-1-3-7-13)17-9-12-5-4-8-19(11-12)16-18-10-14(24-16)20(22)23/h1-3,6-7,10,12H,4-5,8-9,11H2,(H,17,21)/t12-/m1/s1. The van der Waals surface area contributed by atoms with Crippen LogP contribution in [-0.2, 0) is 0 Å². The molecule has 2 aromatic rings. The van der Waals surface area contributed by atoms with Gasteiger partial charge < -0.3 is 10.2 Å². The van der Waals surface area contributed by atoms with E-state index in [9.17, 15) is 14.9 Å². The van der Waals surface area contributed by atoms with Gasteiger partial charge in [-0.05, 0) is 42.2 Å². The number of aromatic nitrogens is 1. The van der Waals surface area contributed by atoms with Crippen LogP contribution in [0.3, 0.4) is 0 Å². The number of nitrogens with one attached hydrogen (secondary N) is 1. The van der Waals surface area contributed by atoms with Crippen LogP contribution < -0.4 is 10.2 Å². The number of anilines is 1. The summed E-state index contributed by atoms with van der Waals surface area (Å²) in [5.74, 6) is 0.243. The van der Waals surface area contributed by atoms with Gasteiger partial charge in [-0.25, -0.2) is 4.98 Å². The van der Waals surface area contributed by atoms with E-state index >= 15 is 0 Å². The third kappa shape index (κ3) is 3.88. The lowest BCUT2D eigenvalue weighted by atomic mass is 9.98. The van der Waals surface area contributed by atoms with Gasteiger partial charge in [-0.1, -0.05) is 18.2 Å². The quantitative estimate of drug-likeness (QED) is 0.664. The van der Waals surface area contributed by atoms with Crippen molar-refractivity contribution < 1.29 is 9.72 Å². The van der Waals surface area contributed by atoms with Crippen molar-refractivity contribution in [2.45, 2.75) is 12.8 Å². The number of piperidine rings is 1. The van der Waals surface area contributed by atoms with E-state index in [4.69, 9.17) is 0 Å². The van der Waals surface area contributed by atoms with Gasteiger partial charge in [0.15, 0.2) is 5.13 Å². The van der Waals surface area contributed by atoms with Crippen LogP contribution in [0.15, 0.2) is 36.5 Å². The number of nitrogens with zero attached hydrogens (tertiary/aromatic N) is 3. The van der Waals surface area contributed by atoms with Crippen molar-refractivity contribution >= 4 is 27.4 Å². The van der Waals surface area contributed by atoms with Crippen molar-refractivity contribution in [2.75, 3.05) is 24.5 Å².